The third-order valence-corrected chi connectivity index (χ3v) is 11.2. The first-order valence-corrected chi connectivity index (χ1v) is 19.0. The SMILES string of the molecule is Cc1cc(-c2nn(C(c3ccccc3)(c3ccccc3)c3ccccc3)c3ccc(C(=O)N[C@@H]4CCC[C@](O)(Cn5ncc6ccccc65)C4)cc23)ccn1. The predicted octanol–water partition coefficient (Wildman–Crippen LogP) is 8.70. The van der Waals surface area contributed by atoms with Crippen LogP contribution in [0.25, 0.3) is 33.1 Å². The average Bonchev–Trinajstić information content (AvgIpc) is 3.81. The Morgan fingerprint density at radius 3 is 2.15 bits per heavy atom. The number of carbonyl (C=O) groups is 1. The second kappa shape index (κ2) is 14.1. The number of para-hydroxylation sites is 1. The Labute approximate surface area is 320 Å². The number of nitrogens with zero attached hydrogens (tertiary/aromatic N) is 5. The zero-order valence-corrected chi connectivity index (χ0v) is 30.7. The Morgan fingerprint density at radius 1 is 0.818 bits per heavy atom. The molecule has 0 bridgehead atoms. The Morgan fingerprint density at radius 2 is 1.47 bits per heavy atom. The molecule has 1 aliphatic rings. The number of nitrogens with one attached hydrogen (secondary N) is 1. The maximum atomic E-state index is 14.2. The highest BCUT2D eigenvalue weighted by Gasteiger charge is 2.41. The van der Waals surface area contributed by atoms with Crippen molar-refractivity contribution in [3.63, 3.8) is 0 Å². The minimum absolute atomic E-state index is 0.175. The summed E-state index contributed by atoms with van der Waals surface area (Å²) in [7, 11) is 0. The molecule has 55 heavy (non-hydrogen) atoms. The number of fused-ring (bicyclic) bond motifs is 2. The molecule has 0 radical (unpaired) electrons. The number of aryl methyl sites for hydroxylation is 1. The molecule has 3 heterocycles. The van der Waals surface area contributed by atoms with Crippen LogP contribution in [0.2, 0.25) is 0 Å². The molecule has 3 aromatic heterocycles. The molecule has 1 fully saturated rings. The van der Waals surface area contributed by atoms with E-state index >= 15 is 0 Å². The molecule has 8 aromatic rings. The fourth-order valence-electron chi connectivity index (χ4n) is 8.63. The number of hydrogen-bond donors (Lipinski definition) is 2. The lowest BCUT2D eigenvalue weighted by Gasteiger charge is -2.37. The Balaban J connectivity index is 1.14. The van der Waals surface area contributed by atoms with E-state index in [2.05, 4.69) is 92.9 Å². The number of amides is 1. The van der Waals surface area contributed by atoms with Crippen molar-refractivity contribution >= 4 is 27.7 Å². The van der Waals surface area contributed by atoms with E-state index in [1.165, 1.54) is 0 Å². The third-order valence-electron chi connectivity index (χ3n) is 11.2. The van der Waals surface area contributed by atoms with E-state index < -0.39 is 11.1 Å². The molecule has 8 heteroatoms. The van der Waals surface area contributed by atoms with Gasteiger partial charge in [0.15, 0.2) is 0 Å². The van der Waals surface area contributed by atoms with Gasteiger partial charge < -0.3 is 10.4 Å². The normalized spacial score (nSPS) is 17.4. The largest absolute Gasteiger partial charge is 0.388 e. The number of aromatic nitrogens is 5. The van der Waals surface area contributed by atoms with Gasteiger partial charge in [-0.15, -0.1) is 0 Å². The molecular formula is C47H42N6O2. The molecule has 0 saturated heterocycles. The monoisotopic (exact) mass is 722 g/mol. The highest BCUT2D eigenvalue weighted by atomic mass is 16.3. The van der Waals surface area contributed by atoms with Crippen molar-refractivity contribution in [3.05, 3.63) is 186 Å². The van der Waals surface area contributed by atoms with Crippen molar-refractivity contribution < 1.29 is 9.90 Å². The van der Waals surface area contributed by atoms with Gasteiger partial charge >= 0.3 is 0 Å². The molecule has 5 aromatic carbocycles. The number of aliphatic hydroxyl groups is 1. The summed E-state index contributed by atoms with van der Waals surface area (Å²) in [4.78, 5) is 18.7. The summed E-state index contributed by atoms with van der Waals surface area (Å²) >= 11 is 0. The quantitative estimate of drug-likeness (QED) is 0.145. The molecule has 1 amide bonds. The van der Waals surface area contributed by atoms with Gasteiger partial charge in [-0.25, -0.2) is 4.68 Å². The first-order valence-electron chi connectivity index (χ1n) is 19.0. The number of carbonyl (C=O) groups excluding carboxylic acids is 1. The Kier molecular flexibility index (Phi) is 8.83. The van der Waals surface area contributed by atoms with E-state index in [1.807, 2.05) is 90.6 Å². The summed E-state index contributed by atoms with van der Waals surface area (Å²) in [5, 5.41) is 27.1. The molecule has 2 N–H and O–H groups in total. The van der Waals surface area contributed by atoms with Crippen molar-refractivity contribution in [1.29, 1.82) is 0 Å². The summed E-state index contributed by atoms with van der Waals surface area (Å²) < 4.78 is 4.02. The maximum Gasteiger partial charge on any atom is 0.251 e. The van der Waals surface area contributed by atoms with E-state index in [1.54, 1.807) is 6.20 Å². The number of pyridine rings is 1. The second-order valence-corrected chi connectivity index (χ2v) is 14.8. The summed E-state index contributed by atoms with van der Waals surface area (Å²) in [5.41, 5.74) is 6.32. The van der Waals surface area contributed by atoms with Crippen LogP contribution in [0.15, 0.2) is 158 Å². The van der Waals surface area contributed by atoms with Gasteiger partial charge in [-0.1, -0.05) is 109 Å². The van der Waals surface area contributed by atoms with Crippen LogP contribution in [0.3, 0.4) is 0 Å². The van der Waals surface area contributed by atoms with Gasteiger partial charge in [0.25, 0.3) is 5.91 Å². The highest BCUT2D eigenvalue weighted by Crippen LogP contribution is 2.44. The van der Waals surface area contributed by atoms with Gasteiger partial charge in [0.1, 0.15) is 11.2 Å². The van der Waals surface area contributed by atoms with Crippen molar-refractivity contribution in [2.45, 2.75) is 56.3 Å². The number of rotatable bonds is 9. The van der Waals surface area contributed by atoms with Crippen LogP contribution in [0, 0.1) is 6.92 Å². The van der Waals surface area contributed by atoms with Crippen molar-refractivity contribution in [2.75, 3.05) is 0 Å². The lowest BCUT2D eigenvalue weighted by molar-refractivity contribution is -0.0227. The molecule has 0 unspecified atom stereocenters. The van der Waals surface area contributed by atoms with Crippen LogP contribution in [0.5, 0.6) is 0 Å². The summed E-state index contributed by atoms with van der Waals surface area (Å²) in [6.07, 6.45) is 6.34. The predicted molar refractivity (Wildman–Crippen MR) is 217 cm³/mol. The summed E-state index contributed by atoms with van der Waals surface area (Å²) in [6.45, 7) is 2.35. The molecule has 1 aliphatic carbocycles. The van der Waals surface area contributed by atoms with Gasteiger partial charge in [-0.05, 0) is 85.7 Å². The second-order valence-electron chi connectivity index (χ2n) is 14.8. The molecule has 272 valence electrons. The van der Waals surface area contributed by atoms with Crippen LogP contribution < -0.4 is 5.32 Å². The maximum absolute atomic E-state index is 14.2. The summed E-state index contributed by atoms with van der Waals surface area (Å²) in [6, 6.07) is 49.2. The van der Waals surface area contributed by atoms with E-state index in [9.17, 15) is 9.90 Å². The first kappa shape index (κ1) is 34.4. The fraction of sp³-hybridized carbons (Fsp3) is 0.191. The van der Waals surface area contributed by atoms with E-state index in [-0.39, 0.29) is 11.9 Å². The third kappa shape index (κ3) is 6.28. The highest BCUT2D eigenvalue weighted by molar-refractivity contribution is 6.02. The molecule has 0 spiro atoms. The van der Waals surface area contributed by atoms with Gasteiger partial charge in [0, 0.05) is 39.8 Å². The Hall–Kier alpha value is -6.38. The Bertz CT molecular complexity index is 2520. The molecule has 0 aliphatic heterocycles. The minimum Gasteiger partial charge on any atom is -0.388 e. The van der Waals surface area contributed by atoms with Crippen LogP contribution in [-0.2, 0) is 12.1 Å². The first-order chi connectivity index (χ1) is 26.9. The fourth-order valence-corrected chi connectivity index (χ4v) is 8.63. The number of benzene rings is 5. The number of hydrogen-bond acceptors (Lipinski definition) is 5. The average molecular weight is 723 g/mol. The zero-order valence-electron chi connectivity index (χ0n) is 30.7. The van der Waals surface area contributed by atoms with Crippen LogP contribution >= 0.6 is 0 Å². The topological polar surface area (TPSA) is 97.9 Å². The van der Waals surface area contributed by atoms with Gasteiger partial charge in [-0.2, -0.15) is 10.2 Å². The zero-order chi connectivity index (χ0) is 37.4. The summed E-state index contributed by atoms with van der Waals surface area (Å²) in [5.74, 6) is -0.175. The lowest BCUT2D eigenvalue weighted by atomic mass is 9.77. The van der Waals surface area contributed by atoms with Gasteiger partial charge in [-0.3, -0.25) is 14.5 Å². The molecular weight excluding hydrogens is 681 g/mol. The van der Waals surface area contributed by atoms with Crippen molar-refractivity contribution in [1.82, 2.24) is 29.9 Å². The standard InChI is InChI=1S/C47H42N6O2/c1-33-28-34(25-27-48-33)44-41-29-35(45(54)50-40-21-13-26-46(55,30-40)32-52-42-22-12-11-14-36(42)31-49-52)23-24-43(41)53(51-44)47(37-15-5-2-6-16-37,38-17-7-3-8-18-38)39-19-9-4-10-20-39/h2-12,14-20,22-25,27-29,31,40,55H,13,21,26,30,32H2,1H3,(H,50,54)/t40-,46-/m1/s1. The van der Waals surface area contributed by atoms with E-state index in [0.29, 0.717) is 24.9 Å². The molecule has 9 rings (SSSR count). The molecule has 8 nitrogen and oxygen atoms in total. The van der Waals surface area contributed by atoms with Crippen molar-refractivity contribution in [2.24, 2.45) is 0 Å². The van der Waals surface area contributed by atoms with Gasteiger partial charge in [0.05, 0.1) is 29.4 Å². The van der Waals surface area contributed by atoms with Crippen LogP contribution in [0.4, 0.5) is 0 Å². The molecule has 1 saturated carbocycles. The van der Waals surface area contributed by atoms with E-state index in [4.69, 9.17) is 5.10 Å². The smallest absolute Gasteiger partial charge is 0.251 e. The van der Waals surface area contributed by atoms with E-state index in [0.717, 1.165) is 68.3 Å². The van der Waals surface area contributed by atoms with Gasteiger partial charge in [0.2, 0.25) is 0 Å². The lowest BCUT2D eigenvalue weighted by Crippen LogP contribution is -2.47. The van der Waals surface area contributed by atoms with Crippen LogP contribution in [0.1, 0.15) is 58.4 Å². The molecule has 2 atom stereocenters. The van der Waals surface area contributed by atoms with Crippen molar-refractivity contribution in [3.8, 4) is 11.3 Å². The minimum atomic E-state index is -0.988. The van der Waals surface area contributed by atoms with Crippen LogP contribution in [-0.4, -0.2) is 47.2 Å².